The second-order valence-corrected chi connectivity index (χ2v) is 20.1. The molecule has 4 aromatic carbocycles. The van der Waals surface area contributed by atoms with Gasteiger partial charge in [0.25, 0.3) is 11.8 Å². The number of fused-ring (bicyclic) bond motifs is 6. The summed E-state index contributed by atoms with van der Waals surface area (Å²) in [5.74, 6) is -1.04. The van der Waals surface area contributed by atoms with Crippen molar-refractivity contribution in [1.82, 2.24) is 25.8 Å². The Kier molecular flexibility index (Phi) is 17.5. The summed E-state index contributed by atoms with van der Waals surface area (Å²) in [5, 5.41) is 11.0. The molecule has 5 aliphatic heterocycles. The van der Waals surface area contributed by atoms with Gasteiger partial charge in [-0.1, -0.05) is 43.0 Å². The topological polar surface area (TPSA) is 239 Å². The minimum Gasteiger partial charge on any atom is -0.493 e. The maximum absolute atomic E-state index is 14.2. The minimum absolute atomic E-state index is 0.0456. The van der Waals surface area contributed by atoms with Gasteiger partial charge in [0.05, 0.1) is 48.8 Å². The molecule has 4 N–H and O–H groups in total. The molecular formula is C61H65N9O11. The van der Waals surface area contributed by atoms with Crippen LogP contribution in [0, 0.1) is 0 Å². The quantitative estimate of drug-likeness (QED) is 0.0546. The fraction of sp³-hybridized carbons (Fsp3) is 0.328. The molecule has 7 amide bonds. The lowest BCUT2D eigenvalue weighted by atomic mass is 10.1. The van der Waals surface area contributed by atoms with Gasteiger partial charge in [0.2, 0.25) is 29.5 Å². The number of para-hydroxylation sites is 1. The standard InChI is InChI=1S/C61H65N9O11/c1-7-14-40-26-43-32-63-47-30-53(51(78-5)28-45(47)60(76)69(43)49(40)8-2)80-34-38-23-39(35-81-54-31-48-46(29-52(54)79-6)61(77)70-44(33-64-48)27-41-15-9-10-16-50(41)70)25-42(24-38)67-59(75)37(4)66-58(74)36(3)65-56(72)18-12-11-17-55(71)62-20-22-68-21-13-19-57(68)73/h7-10,13-16,19,23-25,28-33,36-37,43-44H,2,11-12,17-18,20-22,26-27,34-35H2,1,3-6H3,(H,62,71)(H,65,72)(H,66,74)(H,67,75)/b14-7-/t36-,37-,43-,44-/m0/s1. The lowest BCUT2D eigenvalue weighted by Crippen LogP contribution is -2.50. The smallest absolute Gasteiger partial charge is 0.261 e. The molecule has 20 nitrogen and oxygen atoms in total. The molecule has 81 heavy (non-hydrogen) atoms. The number of nitrogens with one attached hydrogen (secondary N) is 4. The molecule has 9 rings (SSSR count). The van der Waals surface area contributed by atoms with Crippen molar-refractivity contribution in [1.29, 1.82) is 0 Å². The second kappa shape index (κ2) is 25.2. The molecule has 5 aliphatic rings. The predicted octanol–water partition coefficient (Wildman–Crippen LogP) is 7.12. The Hall–Kier alpha value is -9.33. The van der Waals surface area contributed by atoms with Crippen molar-refractivity contribution in [2.75, 3.05) is 44.1 Å². The van der Waals surface area contributed by atoms with Crippen LogP contribution in [0.5, 0.6) is 23.0 Å². The highest BCUT2D eigenvalue weighted by Crippen LogP contribution is 2.43. The lowest BCUT2D eigenvalue weighted by molar-refractivity contribution is -0.130. The van der Waals surface area contributed by atoms with Crippen LogP contribution in [0.25, 0.3) is 0 Å². The molecule has 0 aliphatic carbocycles. The number of anilines is 2. The van der Waals surface area contributed by atoms with Crippen molar-refractivity contribution >= 4 is 76.5 Å². The molecule has 20 heteroatoms. The molecule has 0 saturated heterocycles. The molecule has 0 saturated carbocycles. The molecule has 420 valence electrons. The molecule has 5 heterocycles. The number of allylic oxidation sites excluding steroid dienone is 3. The summed E-state index contributed by atoms with van der Waals surface area (Å²) in [7, 11) is 2.96. The zero-order chi connectivity index (χ0) is 57.3. The molecule has 4 atom stereocenters. The Labute approximate surface area is 469 Å². The van der Waals surface area contributed by atoms with Gasteiger partial charge >= 0.3 is 0 Å². The van der Waals surface area contributed by atoms with Gasteiger partial charge in [-0.15, -0.1) is 0 Å². The largest absolute Gasteiger partial charge is 0.493 e. The number of hydrogen-bond acceptors (Lipinski definition) is 13. The normalized spacial score (nSPS) is 17.3. The SMILES string of the molecule is C=CC1=C(/C=C\C)C[C@H]2C=Nc3cc(OCc4cc(COc5cc6c(cc5OC)C(=O)N5c7ccccc7C[C@H]5C=N6)cc(NC(=O)[C@H](C)NC(=O)[C@H](C)NC(=O)CCCCC(=O)NCCN5CC=CC5=O)c4)c(OC)cc3C(=O)N12. The number of ether oxygens (including phenoxy) is 4. The third-order valence-electron chi connectivity index (χ3n) is 14.4. The highest BCUT2D eigenvalue weighted by atomic mass is 16.5. The van der Waals surface area contributed by atoms with Gasteiger partial charge in [-0.3, -0.25) is 53.3 Å². The van der Waals surface area contributed by atoms with Crippen LogP contribution in [0.4, 0.5) is 22.7 Å². The molecule has 0 spiro atoms. The van der Waals surface area contributed by atoms with E-state index in [0.29, 0.717) is 113 Å². The van der Waals surface area contributed by atoms with Crippen LogP contribution in [0.15, 0.2) is 125 Å². The van der Waals surface area contributed by atoms with E-state index in [9.17, 15) is 33.6 Å². The van der Waals surface area contributed by atoms with E-state index in [1.165, 1.54) is 34.1 Å². The van der Waals surface area contributed by atoms with E-state index in [-0.39, 0.29) is 67.7 Å². The summed E-state index contributed by atoms with van der Waals surface area (Å²) in [4.78, 5) is 107. The number of carbonyl (C=O) groups is 7. The molecule has 0 unspecified atom stereocenters. The van der Waals surface area contributed by atoms with Crippen molar-refractivity contribution in [3.63, 3.8) is 0 Å². The maximum atomic E-state index is 14.2. The van der Waals surface area contributed by atoms with E-state index < -0.39 is 23.9 Å². The Morgan fingerprint density at radius 3 is 1.95 bits per heavy atom. The molecule has 0 radical (unpaired) electrons. The molecule has 0 fully saturated rings. The Balaban J connectivity index is 0.877. The minimum atomic E-state index is -1.05. The number of aliphatic imine (C=N–C) groups is 2. The lowest BCUT2D eigenvalue weighted by Gasteiger charge is -2.23. The van der Waals surface area contributed by atoms with Crippen molar-refractivity contribution in [2.24, 2.45) is 9.98 Å². The Morgan fingerprint density at radius 2 is 1.35 bits per heavy atom. The number of amides is 7. The average Bonchev–Trinajstić information content (AvgIpc) is 4.01. The summed E-state index contributed by atoms with van der Waals surface area (Å²) in [6.07, 6.45) is 14.7. The first kappa shape index (κ1) is 56.4. The van der Waals surface area contributed by atoms with Crippen LogP contribution < -0.4 is 45.1 Å². The van der Waals surface area contributed by atoms with Gasteiger partial charge in [0, 0.05) is 93.0 Å². The van der Waals surface area contributed by atoms with Crippen molar-refractivity contribution in [3.05, 3.63) is 143 Å². The van der Waals surface area contributed by atoms with E-state index >= 15 is 0 Å². The third kappa shape index (κ3) is 12.8. The summed E-state index contributed by atoms with van der Waals surface area (Å²) in [6, 6.07) is 17.0. The zero-order valence-corrected chi connectivity index (χ0v) is 45.9. The van der Waals surface area contributed by atoms with Crippen LogP contribution in [-0.4, -0.2) is 122 Å². The van der Waals surface area contributed by atoms with Gasteiger partial charge in [0.1, 0.15) is 25.3 Å². The summed E-state index contributed by atoms with van der Waals surface area (Å²) < 4.78 is 24.4. The van der Waals surface area contributed by atoms with E-state index in [0.717, 1.165) is 16.8 Å². The van der Waals surface area contributed by atoms with Crippen molar-refractivity contribution in [2.45, 2.75) is 96.7 Å². The summed E-state index contributed by atoms with van der Waals surface area (Å²) in [5.41, 5.74) is 6.61. The number of hydrogen-bond donors (Lipinski definition) is 4. The van der Waals surface area contributed by atoms with Gasteiger partial charge in [-0.2, -0.15) is 0 Å². The van der Waals surface area contributed by atoms with E-state index in [1.54, 1.807) is 75.7 Å². The first-order chi connectivity index (χ1) is 39.2. The van der Waals surface area contributed by atoms with E-state index in [4.69, 9.17) is 28.9 Å². The van der Waals surface area contributed by atoms with Crippen LogP contribution in [0.1, 0.15) is 90.3 Å². The maximum Gasteiger partial charge on any atom is 0.261 e. The average molecular weight is 1100 g/mol. The van der Waals surface area contributed by atoms with Crippen LogP contribution >= 0.6 is 0 Å². The van der Waals surface area contributed by atoms with Gasteiger partial charge in [-0.05, 0) is 98.4 Å². The van der Waals surface area contributed by atoms with E-state index in [2.05, 4.69) is 27.8 Å². The number of nitrogens with zero attached hydrogens (tertiary/aromatic N) is 5. The number of methoxy groups -OCH3 is 2. The van der Waals surface area contributed by atoms with Gasteiger partial charge in [0.15, 0.2) is 23.0 Å². The Bertz CT molecular complexity index is 3340. The van der Waals surface area contributed by atoms with E-state index in [1.807, 2.05) is 49.4 Å². The highest BCUT2D eigenvalue weighted by Gasteiger charge is 2.38. The second-order valence-electron chi connectivity index (χ2n) is 20.1. The highest BCUT2D eigenvalue weighted by molar-refractivity contribution is 6.15. The molecule has 4 aromatic rings. The van der Waals surface area contributed by atoms with Crippen LogP contribution in [-0.2, 0) is 43.6 Å². The summed E-state index contributed by atoms with van der Waals surface area (Å²) >= 11 is 0. The third-order valence-corrected chi connectivity index (χ3v) is 14.4. The monoisotopic (exact) mass is 1100 g/mol. The van der Waals surface area contributed by atoms with Gasteiger partial charge < -0.3 is 45.1 Å². The predicted molar refractivity (Wildman–Crippen MR) is 306 cm³/mol. The number of rotatable bonds is 23. The fourth-order valence-corrected chi connectivity index (χ4v) is 10.3. The van der Waals surface area contributed by atoms with Gasteiger partial charge in [-0.25, -0.2) is 0 Å². The van der Waals surface area contributed by atoms with Crippen molar-refractivity contribution < 1.29 is 52.5 Å². The first-order valence-electron chi connectivity index (χ1n) is 26.9. The van der Waals surface area contributed by atoms with Crippen molar-refractivity contribution in [3.8, 4) is 23.0 Å². The first-order valence-corrected chi connectivity index (χ1v) is 26.9. The summed E-state index contributed by atoms with van der Waals surface area (Å²) in [6.45, 7) is 10.1. The zero-order valence-electron chi connectivity index (χ0n) is 45.9. The number of benzene rings is 4. The van der Waals surface area contributed by atoms with Crippen LogP contribution in [0.2, 0.25) is 0 Å². The van der Waals surface area contributed by atoms with Crippen LogP contribution in [0.3, 0.4) is 0 Å². The number of carbonyl (C=O) groups excluding carboxylic acids is 7. The fourth-order valence-electron chi connectivity index (χ4n) is 10.3. The molecule has 0 bridgehead atoms. The molecular weight excluding hydrogens is 1030 g/mol. The molecule has 0 aromatic heterocycles. The Morgan fingerprint density at radius 1 is 0.741 bits per heavy atom. The number of unbranched alkanes of at least 4 members (excludes halogenated alkanes) is 1.